The lowest BCUT2D eigenvalue weighted by atomic mass is 9.95. The van der Waals surface area contributed by atoms with Crippen LogP contribution in [-0.2, 0) is 6.18 Å². The molecule has 8 heteroatoms. The Hall–Kier alpha value is -1.41. The number of anilines is 1. The summed E-state index contributed by atoms with van der Waals surface area (Å²) in [5, 5.41) is 5.42. The molecule has 1 aromatic rings. The summed E-state index contributed by atoms with van der Waals surface area (Å²) in [7, 11) is 0. The molecule has 2 aliphatic rings. The molecule has 2 N–H and O–H groups in total. The van der Waals surface area contributed by atoms with Crippen molar-refractivity contribution in [2.24, 2.45) is 5.92 Å². The molecule has 0 aliphatic carbocycles. The van der Waals surface area contributed by atoms with Gasteiger partial charge in [0.05, 0.1) is 5.56 Å². The molecule has 26 heavy (non-hydrogen) atoms. The lowest BCUT2D eigenvalue weighted by Crippen LogP contribution is -2.44. The minimum atomic E-state index is -4.37. The van der Waals surface area contributed by atoms with Gasteiger partial charge in [-0.3, -0.25) is 4.90 Å². The second-order valence-corrected chi connectivity index (χ2v) is 8.06. The van der Waals surface area contributed by atoms with E-state index >= 15 is 0 Å². The number of likely N-dealkylation sites (tertiary alicyclic amines) is 1. The van der Waals surface area contributed by atoms with E-state index in [1.165, 1.54) is 30.1 Å². The number of hydrogen-bond donors (Lipinski definition) is 2. The molecular formula is C18H24F3N3OS. The van der Waals surface area contributed by atoms with E-state index in [1.54, 1.807) is 0 Å². The molecule has 3 rings (SSSR count). The number of carbonyl (C=O) groups is 1. The number of benzene rings is 1. The smallest absolute Gasteiger partial charge is 0.338 e. The standard InChI is InChI=1S/C18H24F3N3OS/c19-18(20,21)14-1-3-15(4-2-14)23-17(25)22-11-13-5-8-24(9-6-13)16-7-10-26-12-16/h1-4,13,16H,5-12H2,(H2,22,23,25)/t16-/m0/s1. The number of alkyl halides is 3. The van der Waals surface area contributed by atoms with Crippen LogP contribution in [0.15, 0.2) is 24.3 Å². The summed E-state index contributed by atoms with van der Waals surface area (Å²) in [6, 6.07) is 4.80. The van der Waals surface area contributed by atoms with Crippen LogP contribution in [0.4, 0.5) is 23.7 Å². The highest BCUT2D eigenvalue weighted by Gasteiger charge is 2.30. The summed E-state index contributed by atoms with van der Waals surface area (Å²) in [4.78, 5) is 14.5. The van der Waals surface area contributed by atoms with E-state index < -0.39 is 11.7 Å². The second-order valence-electron chi connectivity index (χ2n) is 6.91. The van der Waals surface area contributed by atoms with Crippen LogP contribution in [0.5, 0.6) is 0 Å². The van der Waals surface area contributed by atoms with Crippen molar-refractivity contribution in [1.29, 1.82) is 0 Å². The van der Waals surface area contributed by atoms with Gasteiger partial charge in [0, 0.05) is 24.0 Å². The second kappa shape index (κ2) is 8.52. The molecule has 0 unspecified atom stereocenters. The number of hydrogen-bond acceptors (Lipinski definition) is 3. The first-order valence-corrected chi connectivity index (χ1v) is 10.1. The van der Waals surface area contributed by atoms with E-state index in [4.69, 9.17) is 0 Å². The van der Waals surface area contributed by atoms with Gasteiger partial charge in [-0.15, -0.1) is 0 Å². The summed E-state index contributed by atoms with van der Waals surface area (Å²) in [6.45, 7) is 2.76. The average Bonchev–Trinajstić information content (AvgIpc) is 3.15. The largest absolute Gasteiger partial charge is 0.416 e. The molecule has 0 saturated carbocycles. The molecule has 144 valence electrons. The van der Waals surface area contributed by atoms with Crippen molar-refractivity contribution in [2.75, 3.05) is 36.5 Å². The molecule has 1 atom stereocenters. The number of rotatable bonds is 4. The third-order valence-corrected chi connectivity index (χ3v) is 6.24. The maximum atomic E-state index is 12.5. The van der Waals surface area contributed by atoms with Crippen molar-refractivity contribution in [3.63, 3.8) is 0 Å². The number of carbonyl (C=O) groups excluding carboxylic acids is 1. The summed E-state index contributed by atoms with van der Waals surface area (Å²) in [5.41, 5.74) is -0.375. The van der Waals surface area contributed by atoms with Gasteiger partial charge in [0.2, 0.25) is 0 Å². The van der Waals surface area contributed by atoms with Crippen LogP contribution in [0.3, 0.4) is 0 Å². The molecule has 2 heterocycles. The van der Waals surface area contributed by atoms with Crippen LogP contribution in [-0.4, -0.2) is 48.1 Å². The summed E-state index contributed by atoms with van der Waals surface area (Å²) in [6.07, 6.45) is -0.945. The van der Waals surface area contributed by atoms with Crippen LogP contribution >= 0.6 is 11.8 Å². The maximum Gasteiger partial charge on any atom is 0.416 e. The van der Waals surface area contributed by atoms with Crippen molar-refractivity contribution in [1.82, 2.24) is 10.2 Å². The first-order chi connectivity index (χ1) is 12.4. The van der Waals surface area contributed by atoms with Gasteiger partial charge in [-0.2, -0.15) is 24.9 Å². The SMILES string of the molecule is O=C(NCC1CCN([C@H]2CCSC2)CC1)Nc1ccc(C(F)(F)F)cc1. The normalized spacial score (nSPS) is 22.3. The fourth-order valence-corrected chi connectivity index (χ4v) is 4.74. The Morgan fingerprint density at radius 1 is 1.15 bits per heavy atom. The van der Waals surface area contributed by atoms with E-state index in [9.17, 15) is 18.0 Å². The fraction of sp³-hybridized carbons (Fsp3) is 0.611. The highest BCUT2D eigenvalue weighted by molar-refractivity contribution is 7.99. The molecule has 1 aromatic carbocycles. The van der Waals surface area contributed by atoms with Gasteiger partial charge in [0.1, 0.15) is 0 Å². The van der Waals surface area contributed by atoms with Gasteiger partial charge in [-0.25, -0.2) is 4.79 Å². The predicted molar refractivity (Wildman–Crippen MR) is 98.5 cm³/mol. The molecule has 0 bridgehead atoms. The lowest BCUT2D eigenvalue weighted by molar-refractivity contribution is -0.137. The zero-order chi connectivity index (χ0) is 18.6. The third-order valence-electron chi connectivity index (χ3n) is 5.09. The first-order valence-electron chi connectivity index (χ1n) is 8.96. The lowest BCUT2D eigenvalue weighted by Gasteiger charge is -2.35. The van der Waals surface area contributed by atoms with Crippen LogP contribution in [0.2, 0.25) is 0 Å². The van der Waals surface area contributed by atoms with Crippen molar-refractivity contribution in [2.45, 2.75) is 31.5 Å². The van der Waals surface area contributed by atoms with Gasteiger partial charge in [0.25, 0.3) is 0 Å². The van der Waals surface area contributed by atoms with Gasteiger partial charge in [0.15, 0.2) is 0 Å². The Kier molecular flexibility index (Phi) is 6.34. The van der Waals surface area contributed by atoms with Crippen molar-refractivity contribution >= 4 is 23.5 Å². The van der Waals surface area contributed by atoms with Gasteiger partial charge in [-0.05, 0) is 68.3 Å². The fourth-order valence-electron chi connectivity index (χ4n) is 3.49. The first kappa shape index (κ1) is 19.4. The number of halogens is 3. The zero-order valence-electron chi connectivity index (χ0n) is 14.5. The summed E-state index contributed by atoms with van der Waals surface area (Å²) < 4.78 is 37.6. The van der Waals surface area contributed by atoms with E-state index in [1.807, 2.05) is 11.8 Å². The van der Waals surface area contributed by atoms with E-state index in [-0.39, 0.29) is 6.03 Å². The summed E-state index contributed by atoms with van der Waals surface area (Å²) >= 11 is 2.02. The van der Waals surface area contributed by atoms with Crippen molar-refractivity contribution in [3.8, 4) is 0 Å². The Balaban J connectivity index is 1.38. The van der Waals surface area contributed by atoms with Gasteiger partial charge < -0.3 is 10.6 Å². The van der Waals surface area contributed by atoms with Gasteiger partial charge in [-0.1, -0.05) is 0 Å². The Morgan fingerprint density at radius 3 is 2.42 bits per heavy atom. The number of nitrogens with zero attached hydrogens (tertiary/aromatic N) is 1. The topological polar surface area (TPSA) is 44.4 Å². The Labute approximate surface area is 155 Å². The molecule has 0 radical (unpaired) electrons. The Morgan fingerprint density at radius 2 is 1.85 bits per heavy atom. The number of amides is 2. The number of piperidine rings is 1. The quantitative estimate of drug-likeness (QED) is 0.819. The average molecular weight is 387 g/mol. The van der Waals surface area contributed by atoms with E-state index in [2.05, 4.69) is 15.5 Å². The minimum Gasteiger partial charge on any atom is -0.338 e. The predicted octanol–water partition coefficient (Wildman–Crippen LogP) is 4.04. The molecule has 4 nitrogen and oxygen atoms in total. The number of nitrogens with one attached hydrogen (secondary N) is 2. The molecule has 2 aliphatic heterocycles. The third kappa shape index (κ3) is 5.30. The number of thioether (sulfide) groups is 1. The minimum absolute atomic E-state index is 0.351. The van der Waals surface area contributed by atoms with Gasteiger partial charge >= 0.3 is 12.2 Å². The monoisotopic (exact) mass is 387 g/mol. The van der Waals surface area contributed by atoms with Crippen molar-refractivity contribution < 1.29 is 18.0 Å². The molecule has 0 aromatic heterocycles. The molecule has 2 fully saturated rings. The molecule has 0 spiro atoms. The van der Waals surface area contributed by atoms with Crippen LogP contribution in [0.1, 0.15) is 24.8 Å². The van der Waals surface area contributed by atoms with Crippen LogP contribution in [0, 0.1) is 5.92 Å². The van der Waals surface area contributed by atoms with E-state index in [0.717, 1.165) is 44.1 Å². The van der Waals surface area contributed by atoms with Crippen molar-refractivity contribution in [3.05, 3.63) is 29.8 Å². The van der Waals surface area contributed by atoms with Crippen LogP contribution in [0.25, 0.3) is 0 Å². The molecule has 2 amide bonds. The highest BCUT2D eigenvalue weighted by Crippen LogP contribution is 2.30. The molecular weight excluding hydrogens is 363 g/mol. The molecule has 2 saturated heterocycles. The van der Waals surface area contributed by atoms with Crippen LogP contribution < -0.4 is 10.6 Å². The Bertz CT molecular complexity index is 595. The number of urea groups is 1. The maximum absolute atomic E-state index is 12.5. The highest BCUT2D eigenvalue weighted by atomic mass is 32.2. The van der Waals surface area contributed by atoms with E-state index in [0.29, 0.717) is 18.2 Å². The zero-order valence-corrected chi connectivity index (χ0v) is 15.3. The summed E-state index contributed by atoms with van der Waals surface area (Å²) in [5.74, 6) is 2.95.